The third-order valence-electron chi connectivity index (χ3n) is 3.42. The molecule has 170 valence electrons. The lowest BCUT2D eigenvalue weighted by molar-refractivity contribution is -0.303. The van der Waals surface area contributed by atoms with Gasteiger partial charge in [-0.2, -0.15) is 0 Å². The van der Waals surface area contributed by atoms with E-state index in [1.165, 1.54) is 29.6 Å². The Hall–Kier alpha value is -2.95. The minimum absolute atomic E-state index is 0.118. The van der Waals surface area contributed by atoms with Gasteiger partial charge in [0.2, 0.25) is 0 Å². The molecule has 0 fully saturated rings. The molecule has 7 nitrogen and oxygen atoms in total. The predicted octanol–water partition coefficient (Wildman–Crippen LogP) is 4.73. The number of rotatable bonds is 8. The van der Waals surface area contributed by atoms with E-state index >= 15 is 0 Å². The lowest BCUT2D eigenvalue weighted by Gasteiger charge is -2.09. The number of amides is 1. The highest BCUT2D eigenvalue weighted by molar-refractivity contribution is 7.09. The molecule has 11 heteroatoms. The Labute approximate surface area is 182 Å². The molecule has 0 aliphatic rings. The van der Waals surface area contributed by atoms with Gasteiger partial charge < -0.3 is 15.0 Å². The Morgan fingerprint density at radius 2 is 2.06 bits per heavy atom. The Balaban J connectivity index is 0.00000233. The number of thiazole rings is 1. The molecular formula is C20H25F3N4O3S. The molecule has 0 saturated heterocycles. The van der Waals surface area contributed by atoms with Crippen molar-refractivity contribution in [1.29, 1.82) is 0 Å². The first-order valence-corrected chi connectivity index (χ1v) is 10.5. The van der Waals surface area contributed by atoms with Crippen LogP contribution < -0.4 is 10.9 Å². The monoisotopic (exact) mass is 458 g/mol. The molecule has 0 bridgehead atoms. The van der Waals surface area contributed by atoms with Gasteiger partial charge in [0.15, 0.2) is 5.82 Å². The number of aromatic amines is 1. The highest BCUT2D eigenvalue weighted by atomic mass is 32.1. The summed E-state index contributed by atoms with van der Waals surface area (Å²) in [7, 11) is 0. The minimum atomic E-state index is -4.77. The Kier molecular flexibility index (Phi) is 10.7. The second-order valence-corrected chi connectivity index (χ2v) is 6.80. The third kappa shape index (κ3) is 9.16. The molecule has 2 rings (SSSR count). The van der Waals surface area contributed by atoms with Crippen molar-refractivity contribution in [3.8, 4) is 11.5 Å². The van der Waals surface area contributed by atoms with Gasteiger partial charge in [0.25, 0.3) is 11.5 Å². The van der Waals surface area contributed by atoms with Crippen LogP contribution >= 0.6 is 11.3 Å². The second-order valence-electron chi connectivity index (χ2n) is 5.74. The van der Waals surface area contributed by atoms with Gasteiger partial charge >= 0.3 is 6.36 Å². The summed E-state index contributed by atoms with van der Waals surface area (Å²) in [6, 6.07) is 0. The first-order valence-electron chi connectivity index (χ1n) is 9.62. The summed E-state index contributed by atoms with van der Waals surface area (Å²) in [6.45, 7) is 7.62. The van der Waals surface area contributed by atoms with E-state index in [1.54, 1.807) is 12.3 Å². The minimum Gasteiger partial charge on any atom is -0.406 e. The molecule has 0 aromatic carbocycles. The van der Waals surface area contributed by atoms with Crippen LogP contribution in [0.25, 0.3) is 11.5 Å². The summed E-state index contributed by atoms with van der Waals surface area (Å²) < 4.78 is 40.7. The fourth-order valence-electron chi connectivity index (χ4n) is 2.20. The van der Waals surface area contributed by atoms with E-state index in [4.69, 9.17) is 0 Å². The number of aromatic nitrogens is 3. The predicted molar refractivity (Wildman–Crippen MR) is 114 cm³/mol. The summed E-state index contributed by atoms with van der Waals surface area (Å²) in [4.78, 5) is 35.0. The van der Waals surface area contributed by atoms with Crippen LogP contribution in [0.4, 0.5) is 13.2 Å². The van der Waals surface area contributed by atoms with E-state index in [0.29, 0.717) is 12.1 Å². The number of hydrogen-bond donors (Lipinski definition) is 2. The Morgan fingerprint density at radius 1 is 1.35 bits per heavy atom. The Morgan fingerprint density at radius 3 is 2.61 bits per heavy atom. The average molecular weight is 459 g/mol. The van der Waals surface area contributed by atoms with E-state index in [-0.39, 0.29) is 30.1 Å². The van der Waals surface area contributed by atoms with E-state index in [9.17, 15) is 22.8 Å². The molecule has 0 atom stereocenters. The zero-order valence-corrected chi connectivity index (χ0v) is 18.5. The van der Waals surface area contributed by atoms with Crippen LogP contribution in [0.2, 0.25) is 0 Å². The topological polar surface area (TPSA) is 97.0 Å². The van der Waals surface area contributed by atoms with Crippen LogP contribution in [0.1, 0.15) is 49.0 Å². The molecule has 2 N–H and O–H groups in total. The van der Waals surface area contributed by atoms with Crippen LogP contribution in [0.15, 0.2) is 40.4 Å². The second kappa shape index (κ2) is 12.7. The smallest absolute Gasteiger partial charge is 0.406 e. The summed E-state index contributed by atoms with van der Waals surface area (Å²) >= 11 is 1.40. The van der Waals surface area contributed by atoms with Gasteiger partial charge in [-0.1, -0.05) is 26.8 Å². The van der Waals surface area contributed by atoms with Gasteiger partial charge in [0.05, 0.1) is 5.01 Å². The number of alkyl halides is 3. The SMILES string of the molecule is CC.CC/C=C(\C=C/CCNC(=O)c1cnc(-c2csc(C)n2)[nH]c1=O)OC(F)(F)F. The summed E-state index contributed by atoms with van der Waals surface area (Å²) in [5.74, 6) is -0.692. The van der Waals surface area contributed by atoms with Gasteiger partial charge in [-0.25, -0.2) is 9.97 Å². The van der Waals surface area contributed by atoms with Gasteiger partial charge in [-0.3, -0.25) is 9.59 Å². The number of allylic oxidation sites excluding steroid dienone is 2. The fourth-order valence-corrected chi connectivity index (χ4v) is 2.80. The van der Waals surface area contributed by atoms with Gasteiger partial charge in [0, 0.05) is 18.1 Å². The van der Waals surface area contributed by atoms with Crippen molar-refractivity contribution in [1.82, 2.24) is 20.3 Å². The normalized spacial score (nSPS) is 11.8. The molecule has 0 spiro atoms. The molecular weight excluding hydrogens is 433 g/mol. The van der Waals surface area contributed by atoms with Crippen molar-refractivity contribution in [3.05, 3.63) is 56.5 Å². The van der Waals surface area contributed by atoms with Crippen LogP contribution in [0.5, 0.6) is 0 Å². The molecule has 0 aliphatic carbocycles. The number of nitrogens with zero attached hydrogens (tertiary/aromatic N) is 2. The number of nitrogens with one attached hydrogen (secondary N) is 2. The van der Waals surface area contributed by atoms with Crippen LogP contribution in [-0.2, 0) is 4.74 Å². The highest BCUT2D eigenvalue weighted by Crippen LogP contribution is 2.21. The van der Waals surface area contributed by atoms with Crippen LogP contribution in [-0.4, -0.2) is 33.8 Å². The van der Waals surface area contributed by atoms with E-state index in [0.717, 1.165) is 11.2 Å². The summed E-state index contributed by atoms with van der Waals surface area (Å²) in [6.07, 6.45) is 0.920. The highest BCUT2D eigenvalue weighted by Gasteiger charge is 2.31. The molecule has 2 aromatic heterocycles. The van der Waals surface area contributed by atoms with Crippen molar-refractivity contribution in [3.63, 3.8) is 0 Å². The summed E-state index contributed by atoms with van der Waals surface area (Å²) in [5.41, 5.74) is -0.268. The first kappa shape index (κ1) is 26.1. The summed E-state index contributed by atoms with van der Waals surface area (Å²) in [5, 5.41) is 5.07. The van der Waals surface area contributed by atoms with E-state index < -0.39 is 17.8 Å². The standard InChI is InChI=1S/C18H19F3N4O3S.C2H6/c1-3-6-12(28-18(19,20)21)7-4-5-8-22-16(26)13-9-23-15(25-17(13)27)14-10-29-11(2)24-14;1-2/h4,6-7,9-10H,3,5,8H2,1-2H3,(H,22,26)(H,23,25,27);1-2H3/b7-4-,12-6+;. The van der Waals surface area contributed by atoms with Crippen LogP contribution in [0.3, 0.4) is 0 Å². The van der Waals surface area contributed by atoms with Crippen molar-refractivity contribution in [2.24, 2.45) is 0 Å². The number of H-pyrrole nitrogens is 1. The molecule has 2 aromatic rings. The largest absolute Gasteiger partial charge is 0.573 e. The fraction of sp³-hybridized carbons (Fsp3) is 0.400. The number of ether oxygens (including phenoxy) is 1. The number of carbonyl (C=O) groups is 1. The number of halogens is 3. The molecule has 0 radical (unpaired) electrons. The number of carbonyl (C=O) groups excluding carboxylic acids is 1. The van der Waals surface area contributed by atoms with Crippen molar-refractivity contribution < 1.29 is 22.7 Å². The number of aryl methyl sites for hydroxylation is 1. The van der Waals surface area contributed by atoms with Crippen molar-refractivity contribution in [2.75, 3.05) is 6.54 Å². The van der Waals surface area contributed by atoms with E-state index in [2.05, 4.69) is 25.0 Å². The van der Waals surface area contributed by atoms with Gasteiger partial charge in [-0.15, -0.1) is 24.5 Å². The zero-order chi connectivity index (χ0) is 23.4. The van der Waals surface area contributed by atoms with Gasteiger partial charge in [0.1, 0.15) is 17.0 Å². The van der Waals surface area contributed by atoms with Crippen molar-refractivity contribution >= 4 is 17.2 Å². The molecule has 0 unspecified atom stereocenters. The molecule has 2 heterocycles. The maximum absolute atomic E-state index is 12.3. The van der Waals surface area contributed by atoms with Gasteiger partial charge in [-0.05, 0) is 31.9 Å². The third-order valence-corrected chi connectivity index (χ3v) is 4.20. The molecule has 0 aliphatic heterocycles. The Bertz CT molecular complexity index is 965. The quantitative estimate of drug-likeness (QED) is 0.339. The van der Waals surface area contributed by atoms with E-state index in [1.807, 2.05) is 20.8 Å². The average Bonchev–Trinajstić information content (AvgIpc) is 3.14. The lowest BCUT2D eigenvalue weighted by Crippen LogP contribution is -2.30. The maximum atomic E-state index is 12.3. The maximum Gasteiger partial charge on any atom is 0.573 e. The first-order chi connectivity index (χ1) is 14.7. The molecule has 1 amide bonds. The van der Waals surface area contributed by atoms with Crippen molar-refractivity contribution in [2.45, 2.75) is 46.9 Å². The van der Waals surface area contributed by atoms with Crippen LogP contribution in [0, 0.1) is 6.92 Å². The molecule has 31 heavy (non-hydrogen) atoms. The lowest BCUT2D eigenvalue weighted by atomic mass is 10.2. The zero-order valence-electron chi connectivity index (χ0n) is 17.7. The molecule has 0 saturated carbocycles. The number of hydrogen-bond acceptors (Lipinski definition) is 6.